The predicted octanol–water partition coefficient (Wildman–Crippen LogP) is 2.92. The number of hydrogen-bond donors (Lipinski definition) is 1. The molecule has 0 unspecified atom stereocenters. The van der Waals surface area contributed by atoms with Crippen molar-refractivity contribution in [1.29, 1.82) is 0 Å². The van der Waals surface area contributed by atoms with Crippen molar-refractivity contribution in [3.05, 3.63) is 65.9 Å². The Hall–Kier alpha value is -3.16. The van der Waals surface area contributed by atoms with Crippen molar-refractivity contribution in [2.75, 3.05) is 46.5 Å². The lowest BCUT2D eigenvalue weighted by molar-refractivity contribution is 0.0383. The highest BCUT2D eigenvalue weighted by molar-refractivity contribution is 5.94. The number of aryl methyl sites for hydroxylation is 1. The normalized spacial score (nSPS) is 14.4. The van der Waals surface area contributed by atoms with Gasteiger partial charge in [0.25, 0.3) is 5.91 Å². The number of carbonyl (C=O) groups is 1. The maximum absolute atomic E-state index is 13.1. The van der Waals surface area contributed by atoms with Gasteiger partial charge in [-0.15, -0.1) is 0 Å². The molecule has 0 bridgehead atoms. The molecule has 7 heteroatoms. The van der Waals surface area contributed by atoms with E-state index in [0.29, 0.717) is 12.2 Å². The van der Waals surface area contributed by atoms with Gasteiger partial charge in [0.2, 0.25) is 0 Å². The molecule has 1 aromatic heterocycles. The van der Waals surface area contributed by atoms with Crippen molar-refractivity contribution in [3.8, 4) is 22.7 Å². The Morgan fingerprint density at radius 2 is 1.90 bits per heavy atom. The highest BCUT2D eigenvalue weighted by Gasteiger charge is 2.18. The third kappa shape index (κ3) is 5.13. The minimum absolute atomic E-state index is 0.137. The third-order valence-electron chi connectivity index (χ3n) is 5.39. The molecule has 162 valence electrons. The Morgan fingerprint density at radius 3 is 2.61 bits per heavy atom. The topological polar surface area (TPSA) is 68.6 Å². The van der Waals surface area contributed by atoms with Crippen LogP contribution in [0.1, 0.15) is 16.1 Å². The molecule has 0 radical (unpaired) electrons. The summed E-state index contributed by atoms with van der Waals surface area (Å²) >= 11 is 0. The smallest absolute Gasteiger partial charge is 0.270 e. The Bertz CT molecular complexity index is 1020. The molecule has 4 rings (SSSR count). The number of morpholine rings is 1. The Kier molecular flexibility index (Phi) is 6.64. The van der Waals surface area contributed by atoms with Gasteiger partial charge >= 0.3 is 0 Å². The Labute approximate surface area is 182 Å². The number of carbonyl (C=O) groups excluding carboxylic acids is 1. The maximum atomic E-state index is 13.1. The summed E-state index contributed by atoms with van der Waals surface area (Å²) in [6.45, 7) is 6.71. The first kappa shape index (κ1) is 21.1. The van der Waals surface area contributed by atoms with Crippen LogP contribution in [0.4, 0.5) is 0 Å². The largest absolute Gasteiger partial charge is 0.497 e. The van der Waals surface area contributed by atoms with Crippen LogP contribution in [0, 0.1) is 6.92 Å². The van der Waals surface area contributed by atoms with E-state index in [1.807, 2.05) is 61.5 Å². The summed E-state index contributed by atoms with van der Waals surface area (Å²) in [7, 11) is 1.64. The van der Waals surface area contributed by atoms with Gasteiger partial charge in [-0.25, -0.2) is 4.68 Å². The van der Waals surface area contributed by atoms with E-state index in [4.69, 9.17) is 14.6 Å². The van der Waals surface area contributed by atoms with Crippen LogP contribution in [-0.2, 0) is 4.74 Å². The highest BCUT2D eigenvalue weighted by atomic mass is 16.5. The zero-order chi connectivity index (χ0) is 21.6. The predicted molar refractivity (Wildman–Crippen MR) is 120 cm³/mol. The lowest BCUT2D eigenvalue weighted by Crippen LogP contribution is -2.41. The van der Waals surface area contributed by atoms with Gasteiger partial charge < -0.3 is 14.8 Å². The molecule has 0 saturated carbocycles. The molecular weight excluding hydrogens is 392 g/mol. The van der Waals surface area contributed by atoms with Gasteiger partial charge in [-0.2, -0.15) is 5.10 Å². The van der Waals surface area contributed by atoms with Gasteiger partial charge in [-0.1, -0.05) is 12.1 Å². The van der Waals surface area contributed by atoms with E-state index in [1.54, 1.807) is 11.8 Å². The van der Waals surface area contributed by atoms with Crippen molar-refractivity contribution in [1.82, 2.24) is 20.0 Å². The van der Waals surface area contributed by atoms with E-state index >= 15 is 0 Å². The molecule has 2 heterocycles. The number of nitrogens with zero attached hydrogens (tertiary/aromatic N) is 3. The molecule has 0 atom stereocenters. The number of ether oxygens (including phenoxy) is 2. The molecule has 1 aliphatic heterocycles. The number of aromatic nitrogens is 2. The zero-order valence-corrected chi connectivity index (χ0v) is 18.0. The Balaban J connectivity index is 1.57. The van der Waals surface area contributed by atoms with Crippen LogP contribution in [0.5, 0.6) is 5.75 Å². The van der Waals surface area contributed by atoms with E-state index in [2.05, 4.69) is 10.2 Å². The summed E-state index contributed by atoms with van der Waals surface area (Å²) < 4.78 is 12.3. The molecule has 1 aliphatic rings. The van der Waals surface area contributed by atoms with E-state index in [9.17, 15) is 4.79 Å². The average molecular weight is 421 g/mol. The van der Waals surface area contributed by atoms with E-state index < -0.39 is 0 Å². The van der Waals surface area contributed by atoms with Crippen molar-refractivity contribution in [2.45, 2.75) is 6.92 Å². The van der Waals surface area contributed by atoms with Crippen molar-refractivity contribution >= 4 is 5.91 Å². The van der Waals surface area contributed by atoms with E-state index in [-0.39, 0.29) is 5.91 Å². The van der Waals surface area contributed by atoms with Crippen LogP contribution >= 0.6 is 0 Å². The molecule has 7 nitrogen and oxygen atoms in total. The molecule has 2 aromatic carbocycles. The molecule has 1 saturated heterocycles. The number of rotatable bonds is 7. The van der Waals surface area contributed by atoms with Crippen LogP contribution < -0.4 is 10.1 Å². The quantitative estimate of drug-likeness (QED) is 0.637. The average Bonchev–Trinajstić information content (AvgIpc) is 3.25. The summed E-state index contributed by atoms with van der Waals surface area (Å²) in [5.74, 6) is 0.643. The number of methoxy groups -OCH3 is 1. The second kappa shape index (κ2) is 9.76. The van der Waals surface area contributed by atoms with Crippen LogP contribution in [0.2, 0.25) is 0 Å². The molecule has 31 heavy (non-hydrogen) atoms. The first-order valence-corrected chi connectivity index (χ1v) is 10.5. The van der Waals surface area contributed by atoms with E-state index in [0.717, 1.165) is 61.1 Å². The molecule has 1 amide bonds. The molecule has 0 aliphatic carbocycles. The van der Waals surface area contributed by atoms with Gasteiger partial charge in [0.15, 0.2) is 0 Å². The standard InChI is InChI=1S/C24H28N4O3/c1-18-4-3-5-20(16-18)28-23(24(29)25-10-11-27-12-14-31-15-13-27)17-22(26-28)19-6-8-21(30-2)9-7-19/h3-9,16-17H,10-15H2,1-2H3,(H,25,29). The highest BCUT2D eigenvalue weighted by Crippen LogP contribution is 2.24. The second-order valence-corrected chi connectivity index (χ2v) is 7.60. The minimum atomic E-state index is -0.137. The lowest BCUT2D eigenvalue weighted by atomic mass is 10.1. The molecule has 1 N–H and O–H groups in total. The van der Waals surface area contributed by atoms with Gasteiger partial charge in [-0.05, 0) is 55.0 Å². The zero-order valence-electron chi connectivity index (χ0n) is 18.0. The SMILES string of the molecule is COc1ccc(-c2cc(C(=O)NCCN3CCOCC3)n(-c3cccc(C)c3)n2)cc1. The fourth-order valence-electron chi connectivity index (χ4n) is 3.65. The van der Waals surface area contributed by atoms with Gasteiger partial charge in [0.05, 0.1) is 31.7 Å². The molecule has 3 aromatic rings. The van der Waals surface area contributed by atoms with E-state index in [1.165, 1.54) is 0 Å². The summed E-state index contributed by atoms with van der Waals surface area (Å²) in [6, 6.07) is 17.5. The lowest BCUT2D eigenvalue weighted by Gasteiger charge is -2.26. The number of benzene rings is 2. The van der Waals surface area contributed by atoms with Crippen molar-refractivity contribution in [3.63, 3.8) is 0 Å². The Morgan fingerprint density at radius 1 is 1.13 bits per heavy atom. The maximum Gasteiger partial charge on any atom is 0.270 e. The number of amides is 1. The fourth-order valence-corrected chi connectivity index (χ4v) is 3.65. The van der Waals surface area contributed by atoms with Gasteiger partial charge in [0, 0.05) is 31.7 Å². The first-order chi connectivity index (χ1) is 15.1. The molecular formula is C24H28N4O3. The molecule has 0 spiro atoms. The van der Waals surface area contributed by atoms with Crippen LogP contribution in [-0.4, -0.2) is 67.1 Å². The summed E-state index contributed by atoms with van der Waals surface area (Å²) in [5.41, 5.74) is 4.14. The van der Waals surface area contributed by atoms with Crippen molar-refractivity contribution in [2.24, 2.45) is 0 Å². The third-order valence-corrected chi connectivity index (χ3v) is 5.39. The van der Waals surface area contributed by atoms with Crippen LogP contribution in [0.15, 0.2) is 54.6 Å². The first-order valence-electron chi connectivity index (χ1n) is 10.5. The summed E-state index contributed by atoms with van der Waals surface area (Å²) in [6.07, 6.45) is 0. The number of hydrogen-bond acceptors (Lipinski definition) is 5. The van der Waals surface area contributed by atoms with Crippen LogP contribution in [0.25, 0.3) is 16.9 Å². The minimum Gasteiger partial charge on any atom is -0.497 e. The summed E-state index contributed by atoms with van der Waals surface area (Å²) in [5, 5.41) is 7.81. The number of nitrogens with one attached hydrogen (secondary N) is 1. The van der Waals surface area contributed by atoms with Gasteiger partial charge in [-0.3, -0.25) is 9.69 Å². The molecule has 1 fully saturated rings. The second-order valence-electron chi connectivity index (χ2n) is 7.60. The fraction of sp³-hybridized carbons (Fsp3) is 0.333. The van der Waals surface area contributed by atoms with Gasteiger partial charge in [0.1, 0.15) is 11.4 Å². The monoisotopic (exact) mass is 420 g/mol. The van der Waals surface area contributed by atoms with Crippen LogP contribution in [0.3, 0.4) is 0 Å². The summed E-state index contributed by atoms with van der Waals surface area (Å²) in [4.78, 5) is 15.4. The van der Waals surface area contributed by atoms with Crippen molar-refractivity contribution < 1.29 is 14.3 Å².